The Bertz CT molecular complexity index is 146. The molecule has 1 saturated heterocycles. The maximum Gasteiger partial charge on any atom is 0.0594 e. The zero-order chi connectivity index (χ0) is 8.81. The second kappa shape index (κ2) is 5.67. The summed E-state index contributed by atoms with van der Waals surface area (Å²) in [4.78, 5) is 2.37. The van der Waals surface area contributed by atoms with Crippen LogP contribution in [0.1, 0.15) is 6.42 Å². The van der Waals surface area contributed by atoms with E-state index in [-0.39, 0.29) is 0 Å². The van der Waals surface area contributed by atoms with E-state index in [1.807, 2.05) is 0 Å². The fourth-order valence-corrected chi connectivity index (χ4v) is 1.85. The molecule has 0 aliphatic carbocycles. The largest absolute Gasteiger partial charge is 0.379 e. The molecular formula is C8H17NO2S. The van der Waals surface area contributed by atoms with Gasteiger partial charge in [-0.25, -0.2) is 0 Å². The molecule has 0 amide bonds. The first kappa shape index (κ1) is 10.2. The van der Waals surface area contributed by atoms with Gasteiger partial charge in [0.1, 0.15) is 0 Å². The van der Waals surface area contributed by atoms with E-state index in [9.17, 15) is 4.21 Å². The lowest BCUT2D eigenvalue weighted by Crippen LogP contribution is -2.37. The van der Waals surface area contributed by atoms with Crippen molar-refractivity contribution in [1.82, 2.24) is 4.90 Å². The summed E-state index contributed by atoms with van der Waals surface area (Å²) in [5, 5.41) is 0. The van der Waals surface area contributed by atoms with Gasteiger partial charge in [-0.15, -0.1) is 0 Å². The van der Waals surface area contributed by atoms with Crippen LogP contribution in [0.4, 0.5) is 0 Å². The highest BCUT2D eigenvalue weighted by Crippen LogP contribution is 1.98. The Labute approximate surface area is 76.5 Å². The van der Waals surface area contributed by atoms with Crippen molar-refractivity contribution in [3.63, 3.8) is 0 Å². The molecule has 72 valence electrons. The van der Waals surface area contributed by atoms with E-state index < -0.39 is 10.8 Å². The summed E-state index contributed by atoms with van der Waals surface area (Å²) in [5.41, 5.74) is 0. The minimum atomic E-state index is -0.628. The molecule has 0 bridgehead atoms. The van der Waals surface area contributed by atoms with E-state index in [1.54, 1.807) is 6.26 Å². The molecule has 1 aliphatic heterocycles. The molecule has 1 fully saturated rings. The van der Waals surface area contributed by atoms with Gasteiger partial charge in [-0.3, -0.25) is 9.11 Å². The fourth-order valence-electron chi connectivity index (χ4n) is 1.32. The Balaban J connectivity index is 2.01. The molecule has 3 nitrogen and oxygen atoms in total. The van der Waals surface area contributed by atoms with E-state index >= 15 is 0 Å². The van der Waals surface area contributed by atoms with Crippen LogP contribution in [0.3, 0.4) is 0 Å². The molecule has 0 radical (unpaired) electrons. The van der Waals surface area contributed by atoms with E-state index in [0.717, 1.165) is 45.0 Å². The first-order valence-electron chi connectivity index (χ1n) is 4.39. The Hall–Kier alpha value is 0.0700. The first-order chi connectivity index (χ1) is 5.79. The highest BCUT2D eigenvalue weighted by Gasteiger charge is 2.09. The molecule has 0 aromatic carbocycles. The highest BCUT2D eigenvalue weighted by molar-refractivity contribution is 7.84. The van der Waals surface area contributed by atoms with Crippen LogP contribution >= 0.6 is 0 Å². The lowest BCUT2D eigenvalue weighted by molar-refractivity contribution is 0.0381. The third kappa shape index (κ3) is 4.18. The number of nitrogens with zero attached hydrogens (tertiary/aromatic N) is 1. The predicted octanol–water partition coefficient (Wildman–Crippen LogP) is 0.0872. The quantitative estimate of drug-likeness (QED) is 0.630. The van der Waals surface area contributed by atoms with Gasteiger partial charge in [-0.05, 0) is 13.0 Å². The summed E-state index contributed by atoms with van der Waals surface area (Å²) < 4.78 is 16.0. The van der Waals surface area contributed by atoms with Gasteiger partial charge in [0.15, 0.2) is 0 Å². The van der Waals surface area contributed by atoms with Gasteiger partial charge in [0.2, 0.25) is 0 Å². The van der Waals surface area contributed by atoms with Crippen molar-refractivity contribution in [2.24, 2.45) is 0 Å². The van der Waals surface area contributed by atoms with Gasteiger partial charge in [0.25, 0.3) is 0 Å². The van der Waals surface area contributed by atoms with Crippen LogP contribution in [-0.4, -0.2) is 54.0 Å². The van der Waals surface area contributed by atoms with Gasteiger partial charge in [0.05, 0.1) is 13.2 Å². The Morgan fingerprint density at radius 1 is 1.42 bits per heavy atom. The minimum Gasteiger partial charge on any atom is -0.379 e. The van der Waals surface area contributed by atoms with Crippen LogP contribution in [0.5, 0.6) is 0 Å². The lowest BCUT2D eigenvalue weighted by Gasteiger charge is -2.26. The molecule has 0 N–H and O–H groups in total. The van der Waals surface area contributed by atoms with Gasteiger partial charge in [-0.1, -0.05) is 0 Å². The van der Waals surface area contributed by atoms with E-state index in [0.29, 0.717) is 0 Å². The van der Waals surface area contributed by atoms with Crippen LogP contribution in [0, 0.1) is 0 Å². The second-order valence-corrected chi connectivity index (χ2v) is 4.64. The summed E-state index contributed by atoms with van der Waals surface area (Å²) in [7, 11) is -0.628. The van der Waals surface area contributed by atoms with E-state index in [2.05, 4.69) is 4.90 Å². The molecule has 1 unspecified atom stereocenters. The smallest absolute Gasteiger partial charge is 0.0594 e. The average Bonchev–Trinajstić information content (AvgIpc) is 2.05. The molecule has 12 heavy (non-hydrogen) atoms. The van der Waals surface area contributed by atoms with Crippen LogP contribution in [0.15, 0.2) is 0 Å². The van der Waals surface area contributed by atoms with E-state index in [4.69, 9.17) is 4.74 Å². The van der Waals surface area contributed by atoms with E-state index in [1.165, 1.54) is 0 Å². The molecule has 1 heterocycles. The number of rotatable bonds is 4. The van der Waals surface area contributed by atoms with Gasteiger partial charge < -0.3 is 4.74 Å². The zero-order valence-corrected chi connectivity index (χ0v) is 8.44. The summed E-state index contributed by atoms with van der Waals surface area (Å²) in [6.07, 6.45) is 2.81. The van der Waals surface area contributed by atoms with Crippen LogP contribution in [0.2, 0.25) is 0 Å². The van der Waals surface area contributed by atoms with Crippen LogP contribution < -0.4 is 0 Å². The van der Waals surface area contributed by atoms with Gasteiger partial charge >= 0.3 is 0 Å². The summed E-state index contributed by atoms with van der Waals surface area (Å²) >= 11 is 0. The molecule has 0 aromatic rings. The molecule has 0 aromatic heterocycles. The Kier molecular flexibility index (Phi) is 4.80. The summed E-state index contributed by atoms with van der Waals surface area (Å²) in [6.45, 7) is 4.86. The third-order valence-electron chi connectivity index (χ3n) is 2.01. The lowest BCUT2D eigenvalue weighted by atomic mass is 10.4. The molecular weight excluding hydrogens is 174 g/mol. The molecule has 1 rings (SSSR count). The maximum absolute atomic E-state index is 10.8. The van der Waals surface area contributed by atoms with Crippen LogP contribution in [0.25, 0.3) is 0 Å². The maximum atomic E-state index is 10.8. The van der Waals surface area contributed by atoms with Crippen molar-refractivity contribution in [2.45, 2.75) is 6.42 Å². The normalized spacial score (nSPS) is 22.4. The molecule has 0 spiro atoms. The highest BCUT2D eigenvalue weighted by atomic mass is 32.2. The average molecular weight is 191 g/mol. The summed E-state index contributed by atoms with van der Waals surface area (Å²) in [5.74, 6) is 0.831. The molecule has 4 heteroatoms. The van der Waals surface area contributed by atoms with Crippen LogP contribution in [-0.2, 0) is 15.5 Å². The van der Waals surface area contributed by atoms with Crippen molar-refractivity contribution in [3.8, 4) is 0 Å². The van der Waals surface area contributed by atoms with Gasteiger partial charge in [0, 0.05) is 35.9 Å². The first-order valence-corrected chi connectivity index (χ1v) is 6.12. The molecule has 1 aliphatic rings. The Morgan fingerprint density at radius 2 is 2.08 bits per heavy atom. The van der Waals surface area contributed by atoms with Crippen molar-refractivity contribution < 1.29 is 8.95 Å². The fraction of sp³-hybridized carbons (Fsp3) is 1.00. The molecule has 1 atom stereocenters. The van der Waals surface area contributed by atoms with Crippen molar-refractivity contribution in [2.75, 3.05) is 44.9 Å². The molecule has 0 saturated carbocycles. The number of morpholine rings is 1. The SMILES string of the molecule is CS(=O)CCCN1CCOCC1. The Morgan fingerprint density at radius 3 is 2.67 bits per heavy atom. The van der Waals surface area contributed by atoms with Crippen molar-refractivity contribution in [1.29, 1.82) is 0 Å². The van der Waals surface area contributed by atoms with Crippen molar-refractivity contribution in [3.05, 3.63) is 0 Å². The standard InChI is InChI=1S/C8H17NO2S/c1-12(10)8-2-3-9-4-6-11-7-5-9/h2-8H2,1H3. The number of ether oxygens (including phenoxy) is 1. The minimum absolute atomic E-state index is 0.628. The topological polar surface area (TPSA) is 29.5 Å². The predicted molar refractivity (Wildman–Crippen MR) is 50.8 cm³/mol. The monoisotopic (exact) mass is 191 g/mol. The zero-order valence-electron chi connectivity index (χ0n) is 7.62. The van der Waals surface area contributed by atoms with Crippen molar-refractivity contribution >= 4 is 10.8 Å². The third-order valence-corrected chi connectivity index (χ3v) is 2.87. The number of hydrogen-bond donors (Lipinski definition) is 0. The number of hydrogen-bond acceptors (Lipinski definition) is 3. The van der Waals surface area contributed by atoms with Gasteiger partial charge in [-0.2, -0.15) is 0 Å². The summed E-state index contributed by atoms with van der Waals surface area (Å²) in [6, 6.07) is 0. The second-order valence-electron chi connectivity index (χ2n) is 3.08.